The molecule has 2 N–H and O–H groups in total. The molecule has 1 aliphatic carbocycles. The molecule has 1 aliphatic heterocycles. The van der Waals surface area contributed by atoms with Crippen LogP contribution in [0.5, 0.6) is 5.75 Å². The molecule has 0 spiro atoms. The van der Waals surface area contributed by atoms with Gasteiger partial charge in [-0.3, -0.25) is 4.79 Å². The van der Waals surface area contributed by atoms with Gasteiger partial charge in [0.15, 0.2) is 0 Å². The Labute approximate surface area is 187 Å². The van der Waals surface area contributed by atoms with E-state index in [1.54, 1.807) is 0 Å². The fourth-order valence-corrected chi connectivity index (χ4v) is 4.44. The molecule has 0 bridgehead atoms. The minimum atomic E-state index is -0.969. The van der Waals surface area contributed by atoms with E-state index in [4.69, 9.17) is 20.8 Å². The van der Waals surface area contributed by atoms with Crippen LogP contribution in [0.4, 0.5) is 14.8 Å². The lowest BCUT2D eigenvalue weighted by Crippen LogP contribution is -2.33. The van der Waals surface area contributed by atoms with E-state index in [-0.39, 0.29) is 35.7 Å². The third-order valence-corrected chi connectivity index (χ3v) is 6.18. The molecule has 5 rings (SSSR count). The van der Waals surface area contributed by atoms with Gasteiger partial charge in [-0.2, -0.15) is 0 Å². The summed E-state index contributed by atoms with van der Waals surface area (Å²) >= 11 is 6.07. The van der Waals surface area contributed by atoms with E-state index < -0.39 is 29.5 Å². The fourth-order valence-electron chi connectivity index (χ4n) is 4.24. The summed E-state index contributed by atoms with van der Waals surface area (Å²) in [6.45, 7) is 0.0666. The topological polar surface area (TPSA) is 89.3 Å². The van der Waals surface area contributed by atoms with Gasteiger partial charge in [-0.05, 0) is 30.0 Å². The van der Waals surface area contributed by atoms with Crippen LogP contribution in [0.1, 0.15) is 41.2 Å². The van der Waals surface area contributed by atoms with Crippen LogP contribution in [-0.4, -0.2) is 35.8 Å². The van der Waals surface area contributed by atoms with Crippen molar-refractivity contribution in [3.05, 3.63) is 70.1 Å². The number of benzene rings is 2. The van der Waals surface area contributed by atoms with E-state index in [9.17, 15) is 13.6 Å². The number of methoxy groups -OCH3 is 1. The second kappa shape index (κ2) is 8.05. The SMILES string of the molecule is COc1cc(F)c(C2CNC(=O)C2Nc2nnc(C3CC3c3cccc(Cl)c3)o2)c(F)c1. The number of anilines is 1. The highest BCUT2D eigenvalue weighted by Gasteiger charge is 2.44. The molecule has 1 amide bonds. The molecular formula is C22H19ClF2N4O3. The molecule has 2 aromatic carbocycles. The molecule has 1 saturated carbocycles. The maximum absolute atomic E-state index is 14.6. The van der Waals surface area contributed by atoms with Crippen molar-refractivity contribution >= 4 is 23.5 Å². The van der Waals surface area contributed by atoms with Gasteiger partial charge >= 0.3 is 6.01 Å². The van der Waals surface area contributed by atoms with E-state index in [1.807, 2.05) is 24.3 Å². The molecule has 1 aromatic heterocycles. The molecule has 0 radical (unpaired) electrons. The Hall–Kier alpha value is -3.20. The highest BCUT2D eigenvalue weighted by molar-refractivity contribution is 6.30. The smallest absolute Gasteiger partial charge is 0.316 e. The Balaban J connectivity index is 1.33. The second-order valence-corrected chi connectivity index (χ2v) is 8.36. The van der Waals surface area contributed by atoms with Gasteiger partial charge in [-0.15, -0.1) is 5.10 Å². The molecule has 32 heavy (non-hydrogen) atoms. The predicted octanol–water partition coefficient (Wildman–Crippen LogP) is 3.98. The average Bonchev–Trinajstić information content (AvgIpc) is 3.31. The summed E-state index contributed by atoms with van der Waals surface area (Å²) in [6, 6.07) is 8.85. The number of halogens is 3. The van der Waals surface area contributed by atoms with E-state index >= 15 is 0 Å². The fraction of sp³-hybridized carbons (Fsp3) is 0.318. The van der Waals surface area contributed by atoms with Crippen LogP contribution in [-0.2, 0) is 4.79 Å². The first-order valence-electron chi connectivity index (χ1n) is 10.1. The zero-order valence-corrected chi connectivity index (χ0v) is 17.7. The summed E-state index contributed by atoms with van der Waals surface area (Å²) in [5.74, 6) is -2.00. The molecule has 166 valence electrons. The van der Waals surface area contributed by atoms with Gasteiger partial charge in [-0.1, -0.05) is 28.8 Å². The quantitative estimate of drug-likeness (QED) is 0.578. The highest BCUT2D eigenvalue weighted by atomic mass is 35.5. The number of carbonyl (C=O) groups excluding carboxylic acids is 1. The van der Waals surface area contributed by atoms with Crippen LogP contribution < -0.4 is 15.4 Å². The van der Waals surface area contributed by atoms with Gasteiger partial charge in [-0.25, -0.2) is 8.78 Å². The number of nitrogens with one attached hydrogen (secondary N) is 2. The Morgan fingerprint density at radius 2 is 1.94 bits per heavy atom. The largest absolute Gasteiger partial charge is 0.497 e. The van der Waals surface area contributed by atoms with Crippen LogP contribution >= 0.6 is 11.6 Å². The van der Waals surface area contributed by atoms with Crippen LogP contribution in [0, 0.1) is 11.6 Å². The molecular weight excluding hydrogens is 442 g/mol. The molecule has 10 heteroatoms. The number of carbonyl (C=O) groups is 1. The van der Waals surface area contributed by atoms with Crippen molar-refractivity contribution in [2.75, 3.05) is 19.0 Å². The molecule has 4 unspecified atom stereocenters. The Morgan fingerprint density at radius 3 is 2.66 bits per heavy atom. The molecule has 3 aromatic rings. The van der Waals surface area contributed by atoms with Crippen molar-refractivity contribution in [1.29, 1.82) is 0 Å². The lowest BCUT2D eigenvalue weighted by atomic mass is 9.93. The summed E-state index contributed by atoms with van der Waals surface area (Å²) in [6.07, 6.45) is 0.844. The summed E-state index contributed by atoms with van der Waals surface area (Å²) in [7, 11) is 1.32. The summed E-state index contributed by atoms with van der Waals surface area (Å²) in [4.78, 5) is 12.4. The first kappa shape index (κ1) is 20.7. The van der Waals surface area contributed by atoms with Crippen LogP contribution in [0.2, 0.25) is 5.02 Å². The predicted molar refractivity (Wildman–Crippen MR) is 112 cm³/mol. The third-order valence-electron chi connectivity index (χ3n) is 5.94. The maximum Gasteiger partial charge on any atom is 0.316 e. The number of aromatic nitrogens is 2. The maximum atomic E-state index is 14.6. The Bertz CT molecular complexity index is 1160. The first-order chi connectivity index (χ1) is 15.4. The van der Waals surface area contributed by atoms with Crippen molar-refractivity contribution in [3.8, 4) is 5.75 Å². The molecule has 2 fully saturated rings. The lowest BCUT2D eigenvalue weighted by Gasteiger charge is -2.19. The van der Waals surface area contributed by atoms with Crippen LogP contribution in [0.3, 0.4) is 0 Å². The number of rotatable bonds is 6. The van der Waals surface area contributed by atoms with Gasteiger partial charge in [0.2, 0.25) is 11.8 Å². The summed E-state index contributed by atoms with van der Waals surface area (Å²) in [5, 5.41) is 14.2. The number of nitrogens with zero attached hydrogens (tertiary/aromatic N) is 2. The zero-order chi connectivity index (χ0) is 22.4. The molecule has 7 nitrogen and oxygen atoms in total. The molecule has 2 heterocycles. The van der Waals surface area contributed by atoms with E-state index in [0.717, 1.165) is 24.1 Å². The molecule has 2 aliphatic rings. The van der Waals surface area contributed by atoms with Crippen molar-refractivity contribution < 1.29 is 22.7 Å². The standard InChI is InChI=1S/C22H19ClF2N4O3/c1-31-12-6-16(24)18(17(25)7-12)15-9-26-20(30)19(15)27-22-29-28-21(32-22)14-8-13(14)10-3-2-4-11(23)5-10/h2-7,13-15,19H,8-9H2,1H3,(H,26,30)(H,27,29). The summed E-state index contributed by atoms with van der Waals surface area (Å²) < 4.78 is 39.8. The van der Waals surface area contributed by atoms with Crippen molar-refractivity contribution in [2.24, 2.45) is 0 Å². The molecule has 4 atom stereocenters. The highest BCUT2D eigenvalue weighted by Crippen LogP contribution is 2.54. The Kier molecular flexibility index (Phi) is 5.21. The third kappa shape index (κ3) is 3.77. The second-order valence-electron chi connectivity index (χ2n) is 7.93. The molecule has 1 saturated heterocycles. The van der Waals surface area contributed by atoms with Crippen molar-refractivity contribution in [1.82, 2.24) is 15.5 Å². The number of hydrogen-bond acceptors (Lipinski definition) is 6. The summed E-state index contributed by atoms with van der Waals surface area (Å²) in [5.41, 5.74) is 0.889. The van der Waals surface area contributed by atoms with Gasteiger partial charge in [0.1, 0.15) is 23.4 Å². The minimum absolute atomic E-state index is 0.0260. The zero-order valence-electron chi connectivity index (χ0n) is 16.9. The van der Waals surface area contributed by atoms with Gasteiger partial charge in [0.25, 0.3) is 0 Å². The van der Waals surface area contributed by atoms with E-state index in [1.165, 1.54) is 7.11 Å². The normalized spacial score (nSPS) is 24.3. The number of hydrogen-bond donors (Lipinski definition) is 2. The number of amides is 1. The number of ether oxygens (including phenoxy) is 1. The van der Waals surface area contributed by atoms with Crippen molar-refractivity contribution in [3.63, 3.8) is 0 Å². The van der Waals surface area contributed by atoms with Crippen molar-refractivity contribution in [2.45, 2.75) is 30.2 Å². The average molecular weight is 461 g/mol. The van der Waals surface area contributed by atoms with Crippen LogP contribution in [0.15, 0.2) is 40.8 Å². The first-order valence-corrected chi connectivity index (χ1v) is 10.5. The Morgan fingerprint density at radius 1 is 1.16 bits per heavy atom. The van der Waals surface area contributed by atoms with Gasteiger partial charge in [0.05, 0.1) is 7.11 Å². The van der Waals surface area contributed by atoms with E-state index in [0.29, 0.717) is 10.9 Å². The van der Waals surface area contributed by atoms with Crippen LogP contribution in [0.25, 0.3) is 0 Å². The monoisotopic (exact) mass is 460 g/mol. The van der Waals surface area contributed by atoms with Gasteiger partial charge < -0.3 is 19.8 Å². The van der Waals surface area contributed by atoms with E-state index in [2.05, 4.69) is 20.8 Å². The minimum Gasteiger partial charge on any atom is -0.497 e. The lowest BCUT2D eigenvalue weighted by molar-refractivity contribution is -0.119. The van der Waals surface area contributed by atoms with Gasteiger partial charge in [0, 0.05) is 41.1 Å².